The number of benzene rings is 1. The lowest BCUT2D eigenvalue weighted by atomic mass is 9.97. The van der Waals surface area contributed by atoms with Gasteiger partial charge in [-0.3, -0.25) is 4.90 Å². The lowest BCUT2D eigenvalue weighted by Crippen LogP contribution is -2.48. The highest BCUT2D eigenvalue weighted by atomic mass is 15.5. The average Bonchev–Trinajstić information content (AvgIpc) is 2.72. The van der Waals surface area contributed by atoms with E-state index in [1.54, 1.807) is 6.08 Å². The first kappa shape index (κ1) is 23.4. The van der Waals surface area contributed by atoms with Crippen LogP contribution in [0.4, 0.5) is 11.4 Å². The van der Waals surface area contributed by atoms with Crippen LogP contribution in [0.5, 0.6) is 0 Å². The Bertz CT molecular complexity index is 775. The number of hydrazine groups is 1. The van der Waals surface area contributed by atoms with Gasteiger partial charge in [0, 0.05) is 62.4 Å². The van der Waals surface area contributed by atoms with E-state index in [0.717, 1.165) is 61.8 Å². The molecule has 0 aromatic heterocycles. The fourth-order valence-electron chi connectivity index (χ4n) is 3.71. The Hall–Kier alpha value is -2.91. The van der Waals surface area contributed by atoms with E-state index < -0.39 is 0 Å². The molecule has 0 bridgehead atoms. The van der Waals surface area contributed by atoms with Crippen LogP contribution in [0.1, 0.15) is 25.0 Å². The molecule has 1 aromatic carbocycles. The number of allylic oxidation sites excluding steroid dienone is 2. The van der Waals surface area contributed by atoms with Crippen molar-refractivity contribution in [3.05, 3.63) is 47.3 Å². The van der Waals surface area contributed by atoms with Gasteiger partial charge in [-0.15, -0.1) is 5.10 Å². The first-order chi connectivity index (χ1) is 14.4. The number of hydrogen-bond acceptors (Lipinski definition) is 8. The summed E-state index contributed by atoms with van der Waals surface area (Å²) < 4.78 is 0. The zero-order chi connectivity index (χ0) is 22.1. The fourth-order valence-corrected chi connectivity index (χ4v) is 3.71. The summed E-state index contributed by atoms with van der Waals surface area (Å²) in [5.41, 5.74) is 25.1. The number of hydrazone groups is 1. The van der Waals surface area contributed by atoms with Crippen molar-refractivity contribution in [1.29, 1.82) is 0 Å². The Morgan fingerprint density at radius 1 is 1.20 bits per heavy atom. The molecule has 9 heteroatoms. The van der Waals surface area contributed by atoms with Gasteiger partial charge in [0.1, 0.15) is 0 Å². The minimum absolute atomic E-state index is 0.364. The number of nitrogens with one attached hydrogen (secondary N) is 2. The molecule has 10 N–H and O–H groups in total. The van der Waals surface area contributed by atoms with Crippen molar-refractivity contribution in [2.24, 2.45) is 34.1 Å². The third kappa shape index (κ3) is 6.30. The second-order valence-electron chi connectivity index (χ2n) is 7.89. The van der Waals surface area contributed by atoms with Gasteiger partial charge in [0.05, 0.1) is 0 Å². The van der Waals surface area contributed by atoms with Crippen molar-refractivity contribution in [1.82, 2.24) is 10.4 Å². The summed E-state index contributed by atoms with van der Waals surface area (Å²) in [5.74, 6) is 6.29. The Morgan fingerprint density at radius 2 is 1.90 bits per heavy atom. The molecule has 166 valence electrons. The fraction of sp³-hybridized carbons (Fsp3) is 0.476. The SMILES string of the molecule is CNc1cc(/C(N)=N/NN)c(N2CCN(C/C(N)=C/C=C\N)CC2)cc1CC(C)C. The summed E-state index contributed by atoms with van der Waals surface area (Å²) in [7, 11) is 1.92. The van der Waals surface area contributed by atoms with Crippen LogP contribution < -0.4 is 38.8 Å². The zero-order valence-electron chi connectivity index (χ0n) is 18.4. The number of nitrogens with two attached hydrogens (primary N) is 4. The Labute approximate surface area is 179 Å². The largest absolute Gasteiger partial charge is 0.405 e. The van der Waals surface area contributed by atoms with Crippen molar-refractivity contribution >= 4 is 17.2 Å². The van der Waals surface area contributed by atoms with Crippen molar-refractivity contribution in [2.75, 3.05) is 50.0 Å². The molecule has 30 heavy (non-hydrogen) atoms. The summed E-state index contributed by atoms with van der Waals surface area (Å²) in [4.78, 5) is 4.69. The highest BCUT2D eigenvalue weighted by Crippen LogP contribution is 2.30. The molecule has 0 spiro atoms. The molecular formula is C21H37N9. The zero-order valence-corrected chi connectivity index (χ0v) is 18.4. The highest BCUT2D eigenvalue weighted by molar-refractivity contribution is 6.03. The maximum absolute atomic E-state index is 6.23. The molecule has 0 atom stereocenters. The van der Waals surface area contributed by atoms with E-state index >= 15 is 0 Å². The average molecular weight is 416 g/mol. The molecule has 9 nitrogen and oxygen atoms in total. The Morgan fingerprint density at radius 3 is 2.47 bits per heavy atom. The summed E-state index contributed by atoms with van der Waals surface area (Å²) in [5, 5.41) is 7.31. The number of piperazine rings is 1. The van der Waals surface area contributed by atoms with E-state index in [9.17, 15) is 0 Å². The monoisotopic (exact) mass is 415 g/mol. The molecular weight excluding hydrogens is 378 g/mol. The molecule has 0 radical (unpaired) electrons. The number of rotatable bonds is 9. The number of amidine groups is 1. The Balaban J connectivity index is 2.27. The van der Waals surface area contributed by atoms with E-state index in [2.05, 4.69) is 51.7 Å². The van der Waals surface area contributed by atoms with Crippen LogP contribution in [0, 0.1) is 5.92 Å². The first-order valence-electron chi connectivity index (χ1n) is 10.3. The third-order valence-electron chi connectivity index (χ3n) is 5.12. The standard InChI is InChI=1S/C21H37N9/c1-15(2)11-16-12-20(18(13-19(16)26-3)21(24)27-28-25)30-9-7-29(8-10-30)14-17(23)5-4-6-22/h4-6,12-13,15,26,28H,7-11,14,22-23,25H2,1-3H3,(H2,24,27)/b6-4-,17-5-. The Kier molecular flexibility index (Phi) is 8.82. The maximum Gasteiger partial charge on any atom is 0.154 e. The lowest BCUT2D eigenvalue weighted by molar-refractivity contribution is 0.277. The van der Waals surface area contributed by atoms with Gasteiger partial charge >= 0.3 is 0 Å². The highest BCUT2D eigenvalue weighted by Gasteiger charge is 2.22. The maximum atomic E-state index is 6.23. The van der Waals surface area contributed by atoms with Gasteiger partial charge in [0.2, 0.25) is 0 Å². The van der Waals surface area contributed by atoms with Gasteiger partial charge in [-0.05, 0) is 48.4 Å². The van der Waals surface area contributed by atoms with Crippen LogP contribution in [-0.4, -0.2) is 50.5 Å². The summed E-state index contributed by atoms with van der Waals surface area (Å²) in [6, 6.07) is 4.30. The van der Waals surface area contributed by atoms with Crippen LogP contribution in [0.15, 0.2) is 41.3 Å². The normalized spacial score (nSPS) is 16.5. The topological polar surface area (TPSA) is 147 Å². The van der Waals surface area contributed by atoms with Gasteiger partial charge < -0.3 is 27.4 Å². The van der Waals surface area contributed by atoms with Crippen molar-refractivity contribution in [2.45, 2.75) is 20.3 Å². The molecule has 1 aliphatic rings. The molecule has 1 aromatic rings. The molecule has 1 heterocycles. The van der Waals surface area contributed by atoms with Crippen LogP contribution in [0.3, 0.4) is 0 Å². The second-order valence-corrected chi connectivity index (χ2v) is 7.89. The molecule has 1 saturated heterocycles. The third-order valence-corrected chi connectivity index (χ3v) is 5.12. The molecule has 1 aliphatic heterocycles. The quantitative estimate of drug-likeness (QED) is 0.112. The van der Waals surface area contributed by atoms with Crippen LogP contribution in [0.2, 0.25) is 0 Å². The molecule has 1 fully saturated rings. The molecule has 0 unspecified atom stereocenters. The summed E-state index contributed by atoms with van der Waals surface area (Å²) in [6.07, 6.45) is 6.06. The number of anilines is 2. The predicted octanol–water partition coefficient (Wildman–Crippen LogP) is 0.447. The molecule has 2 rings (SSSR count). The van der Waals surface area contributed by atoms with Crippen molar-refractivity contribution < 1.29 is 0 Å². The summed E-state index contributed by atoms with van der Waals surface area (Å²) in [6.45, 7) is 8.71. The van der Waals surface area contributed by atoms with Gasteiger partial charge in [-0.25, -0.2) is 11.4 Å². The second kappa shape index (κ2) is 11.3. The molecule has 0 aliphatic carbocycles. The molecule has 0 saturated carbocycles. The predicted molar refractivity (Wildman–Crippen MR) is 127 cm³/mol. The van der Waals surface area contributed by atoms with E-state index in [0.29, 0.717) is 11.8 Å². The number of nitrogens with zero attached hydrogens (tertiary/aromatic N) is 3. The van der Waals surface area contributed by atoms with Gasteiger partial charge in [0.15, 0.2) is 5.84 Å². The van der Waals surface area contributed by atoms with E-state index in [1.165, 1.54) is 11.8 Å². The first-order valence-corrected chi connectivity index (χ1v) is 10.3. The minimum atomic E-state index is 0.364. The molecule has 0 amide bonds. The van der Waals surface area contributed by atoms with Crippen LogP contribution in [0.25, 0.3) is 0 Å². The smallest absolute Gasteiger partial charge is 0.154 e. The van der Waals surface area contributed by atoms with Gasteiger partial charge in [-0.2, -0.15) is 0 Å². The number of hydrogen-bond donors (Lipinski definition) is 6. The van der Waals surface area contributed by atoms with Gasteiger partial charge in [-0.1, -0.05) is 13.8 Å². The van der Waals surface area contributed by atoms with Crippen LogP contribution >= 0.6 is 0 Å². The summed E-state index contributed by atoms with van der Waals surface area (Å²) >= 11 is 0. The van der Waals surface area contributed by atoms with E-state index in [1.807, 2.05) is 13.1 Å². The van der Waals surface area contributed by atoms with Crippen molar-refractivity contribution in [3.8, 4) is 0 Å². The van der Waals surface area contributed by atoms with Crippen LogP contribution in [-0.2, 0) is 6.42 Å². The van der Waals surface area contributed by atoms with E-state index in [-0.39, 0.29) is 0 Å². The van der Waals surface area contributed by atoms with E-state index in [4.69, 9.17) is 23.0 Å². The lowest BCUT2D eigenvalue weighted by Gasteiger charge is -2.37. The van der Waals surface area contributed by atoms with Gasteiger partial charge in [0.25, 0.3) is 0 Å². The van der Waals surface area contributed by atoms with Crippen molar-refractivity contribution in [3.63, 3.8) is 0 Å². The minimum Gasteiger partial charge on any atom is -0.405 e.